The van der Waals surface area contributed by atoms with Gasteiger partial charge in [-0.25, -0.2) is 4.99 Å². The van der Waals surface area contributed by atoms with Gasteiger partial charge in [-0.3, -0.25) is 14.5 Å². The highest BCUT2D eigenvalue weighted by Gasteiger charge is 2.20. The van der Waals surface area contributed by atoms with Crippen molar-refractivity contribution in [1.29, 1.82) is 0 Å². The number of aliphatic carboxylic acids is 1. The van der Waals surface area contributed by atoms with Gasteiger partial charge < -0.3 is 15.2 Å². The lowest BCUT2D eigenvalue weighted by Crippen LogP contribution is -2.21. The minimum Gasteiger partial charge on any atom is -0.493 e. The fourth-order valence-electron chi connectivity index (χ4n) is 4.05. The Labute approximate surface area is 198 Å². The number of aliphatic imine (C=N–C) groups is 1. The summed E-state index contributed by atoms with van der Waals surface area (Å²) in [5, 5.41) is 18.2. The van der Waals surface area contributed by atoms with Crippen molar-refractivity contribution in [3.05, 3.63) is 78.5 Å². The predicted molar refractivity (Wildman–Crippen MR) is 132 cm³/mol. The first-order valence-electron chi connectivity index (χ1n) is 11.4. The number of carboxylic acids is 1. The minimum atomic E-state index is -0.889. The number of allylic oxidation sites excluding steroid dienone is 2. The Morgan fingerprint density at radius 1 is 1.35 bits per heavy atom. The standard InChI is InChI=1S/C26H29N5O3/c1-3-21(30-26-18(2)5-4-11-28-26)10-14-34-22-6-7-23-20(15-22)17-29-31(23)24(16-25(32)33)19-8-12-27-13-9-19/h3,6-9,12-13,15,17,24,28H,1,4-5,10-11,14,16H2,2H3,(H,32,33)/b30-21+. The molecule has 0 saturated carbocycles. The molecule has 0 fully saturated rings. The number of nitrogens with zero attached hydrogens (tertiary/aromatic N) is 4. The molecular weight excluding hydrogens is 430 g/mol. The molecule has 1 aliphatic rings. The van der Waals surface area contributed by atoms with Gasteiger partial charge in [0.2, 0.25) is 0 Å². The van der Waals surface area contributed by atoms with Crippen LogP contribution in [0.5, 0.6) is 5.75 Å². The van der Waals surface area contributed by atoms with Gasteiger partial charge in [-0.15, -0.1) is 0 Å². The molecule has 34 heavy (non-hydrogen) atoms. The third kappa shape index (κ3) is 5.51. The molecule has 3 aromatic rings. The first-order valence-corrected chi connectivity index (χ1v) is 11.4. The number of nitrogens with one attached hydrogen (secondary N) is 1. The Morgan fingerprint density at radius 2 is 2.18 bits per heavy atom. The van der Waals surface area contributed by atoms with Crippen LogP contribution in [-0.2, 0) is 4.79 Å². The van der Waals surface area contributed by atoms with E-state index in [9.17, 15) is 9.90 Å². The van der Waals surface area contributed by atoms with Crippen LogP contribution < -0.4 is 10.1 Å². The molecule has 1 aromatic carbocycles. The van der Waals surface area contributed by atoms with Crippen LogP contribution >= 0.6 is 0 Å². The summed E-state index contributed by atoms with van der Waals surface area (Å²) >= 11 is 0. The summed E-state index contributed by atoms with van der Waals surface area (Å²) in [4.78, 5) is 20.3. The van der Waals surface area contributed by atoms with E-state index in [1.165, 1.54) is 5.57 Å². The van der Waals surface area contributed by atoms with Gasteiger partial charge in [0.1, 0.15) is 11.6 Å². The average Bonchev–Trinajstić information content (AvgIpc) is 3.26. The van der Waals surface area contributed by atoms with Gasteiger partial charge in [-0.1, -0.05) is 6.58 Å². The van der Waals surface area contributed by atoms with Crippen LogP contribution in [0.15, 0.2) is 78.0 Å². The van der Waals surface area contributed by atoms with Crippen LogP contribution in [0.1, 0.15) is 44.2 Å². The monoisotopic (exact) mass is 459 g/mol. The van der Waals surface area contributed by atoms with Crippen LogP contribution in [-0.4, -0.2) is 44.7 Å². The quantitative estimate of drug-likeness (QED) is 0.433. The zero-order chi connectivity index (χ0) is 23.9. The Hall–Kier alpha value is -3.94. The van der Waals surface area contributed by atoms with E-state index < -0.39 is 12.0 Å². The van der Waals surface area contributed by atoms with Crippen molar-refractivity contribution in [1.82, 2.24) is 20.1 Å². The Balaban J connectivity index is 1.47. The van der Waals surface area contributed by atoms with Crippen molar-refractivity contribution < 1.29 is 14.6 Å². The van der Waals surface area contributed by atoms with E-state index >= 15 is 0 Å². The molecule has 3 heterocycles. The van der Waals surface area contributed by atoms with E-state index in [1.807, 2.05) is 30.3 Å². The van der Waals surface area contributed by atoms with Gasteiger partial charge in [0.15, 0.2) is 0 Å². The smallest absolute Gasteiger partial charge is 0.305 e. The molecule has 0 amide bonds. The molecule has 8 nitrogen and oxygen atoms in total. The highest BCUT2D eigenvalue weighted by atomic mass is 16.5. The summed E-state index contributed by atoms with van der Waals surface area (Å²) in [6.45, 7) is 7.41. The SMILES string of the molecule is C=C/C(CCOc1ccc2c(cnn2C(CC(=O)O)c2ccncc2)c1)=N\C1=C(C)CCCN1. The molecule has 0 spiro atoms. The summed E-state index contributed by atoms with van der Waals surface area (Å²) in [7, 11) is 0. The first-order chi connectivity index (χ1) is 16.5. The van der Waals surface area contributed by atoms with Crippen molar-refractivity contribution >= 4 is 22.6 Å². The lowest BCUT2D eigenvalue weighted by molar-refractivity contribution is -0.137. The van der Waals surface area contributed by atoms with Crippen LogP contribution in [0.25, 0.3) is 10.9 Å². The zero-order valence-electron chi connectivity index (χ0n) is 19.3. The molecular formula is C26H29N5O3. The Morgan fingerprint density at radius 3 is 2.91 bits per heavy atom. The van der Waals surface area contributed by atoms with Gasteiger partial charge in [0.25, 0.3) is 0 Å². The minimum absolute atomic E-state index is 0.0759. The summed E-state index contributed by atoms with van der Waals surface area (Å²) in [6.07, 6.45) is 9.59. The highest BCUT2D eigenvalue weighted by Crippen LogP contribution is 2.28. The predicted octanol–water partition coefficient (Wildman–Crippen LogP) is 4.51. The molecule has 4 rings (SSSR count). The van der Waals surface area contributed by atoms with E-state index in [0.29, 0.717) is 13.0 Å². The number of aromatic nitrogens is 3. The van der Waals surface area contributed by atoms with Gasteiger partial charge in [0, 0.05) is 36.5 Å². The van der Waals surface area contributed by atoms with Gasteiger partial charge in [-0.05, 0) is 67.3 Å². The summed E-state index contributed by atoms with van der Waals surface area (Å²) < 4.78 is 7.73. The highest BCUT2D eigenvalue weighted by molar-refractivity contribution is 5.95. The number of ether oxygens (including phenoxy) is 1. The van der Waals surface area contributed by atoms with Gasteiger partial charge >= 0.3 is 5.97 Å². The van der Waals surface area contributed by atoms with E-state index in [-0.39, 0.29) is 6.42 Å². The van der Waals surface area contributed by atoms with Gasteiger partial charge in [-0.2, -0.15) is 5.10 Å². The van der Waals surface area contributed by atoms with Gasteiger partial charge in [0.05, 0.1) is 30.8 Å². The fraction of sp³-hybridized carbons (Fsp3) is 0.308. The Bertz CT molecular complexity index is 1230. The third-order valence-corrected chi connectivity index (χ3v) is 5.86. The maximum absolute atomic E-state index is 11.5. The molecule has 0 aliphatic carbocycles. The zero-order valence-corrected chi connectivity index (χ0v) is 19.3. The number of carbonyl (C=O) groups is 1. The molecule has 1 unspecified atom stereocenters. The van der Waals surface area contributed by atoms with Crippen LogP contribution in [0.4, 0.5) is 0 Å². The third-order valence-electron chi connectivity index (χ3n) is 5.86. The maximum Gasteiger partial charge on any atom is 0.305 e. The van der Waals surface area contributed by atoms with Crippen molar-refractivity contribution in [2.24, 2.45) is 4.99 Å². The summed E-state index contributed by atoms with van der Waals surface area (Å²) in [5.41, 5.74) is 3.83. The van der Waals surface area contributed by atoms with E-state index in [0.717, 1.165) is 53.1 Å². The van der Waals surface area contributed by atoms with Crippen molar-refractivity contribution in [3.63, 3.8) is 0 Å². The molecule has 0 saturated heterocycles. The Kier molecular flexibility index (Phi) is 7.37. The first kappa shape index (κ1) is 23.2. The number of carboxylic acid groups (broad SMARTS) is 1. The van der Waals surface area contributed by atoms with Crippen LogP contribution in [0.3, 0.4) is 0 Å². The van der Waals surface area contributed by atoms with E-state index in [4.69, 9.17) is 9.73 Å². The fourth-order valence-corrected chi connectivity index (χ4v) is 4.05. The second kappa shape index (κ2) is 10.8. The molecule has 2 N–H and O–H groups in total. The molecule has 1 atom stereocenters. The molecule has 0 radical (unpaired) electrons. The maximum atomic E-state index is 11.5. The number of pyridine rings is 1. The van der Waals surface area contributed by atoms with Crippen molar-refractivity contribution in [2.75, 3.05) is 13.2 Å². The lowest BCUT2D eigenvalue weighted by Gasteiger charge is -2.17. The van der Waals surface area contributed by atoms with Crippen LogP contribution in [0, 0.1) is 0 Å². The largest absolute Gasteiger partial charge is 0.493 e. The lowest BCUT2D eigenvalue weighted by atomic mass is 10.1. The topological polar surface area (TPSA) is 102 Å². The average molecular weight is 460 g/mol. The molecule has 1 aliphatic heterocycles. The normalized spacial score (nSPS) is 15.1. The van der Waals surface area contributed by atoms with E-state index in [1.54, 1.807) is 29.3 Å². The molecule has 176 valence electrons. The number of rotatable bonds is 10. The summed E-state index contributed by atoms with van der Waals surface area (Å²) in [5.74, 6) is 0.778. The number of hydrogen-bond donors (Lipinski definition) is 2. The number of hydrogen-bond acceptors (Lipinski definition) is 6. The number of fused-ring (bicyclic) bond motifs is 1. The molecule has 0 bridgehead atoms. The second-order valence-electron chi connectivity index (χ2n) is 8.27. The summed E-state index contributed by atoms with van der Waals surface area (Å²) in [6, 6.07) is 8.92. The van der Waals surface area contributed by atoms with Crippen molar-refractivity contribution in [2.45, 2.75) is 38.6 Å². The van der Waals surface area contributed by atoms with Crippen molar-refractivity contribution in [3.8, 4) is 5.75 Å². The number of benzene rings is 1. The van der Waals surface area contributed by atoms with Crippen LogP contribution in [0.2, 0.25) is 0 Å². The second-order valence-corrected chi connectivity index (χ2v) is 8.27. The molecule has 2 aromatic heterocycles. The molecule has 8 heteroatoms. The van der Waals surface area contributed by atoms with E-state index in [2.05, 4.69) is 28.9 Å².